The fourth-order valence-corrected chi connectivity index (χ4v) is 2.50. The van der Waals surface area contributed by atoms with Gasteiger partial charge in [-0.2, -0.15) is 0 Å². The molecule has 2 atom stereocenters. The maximum atomic E-state index is 5.78. The number of nitrogens with two attached hydrogens (primary N) is 1. The average molecular weight is 223 g/mol. The van der Waals surface area contributed by atoms with Gasteiger partial charge >= 0.3 is 0 Å². The van der Waals surface area contributed by atoms with Crippen molar-refractivity contribution in [2.45, 2.75) is 32.7 Å². The first kappa shape index (κ1) is 11.5. The summed E-state index contributed by atoms with van der Waals surface area (Å²) in [5, 5.41) is 0. The predicted octanol–water partition coefficient (Wildman–Crippen LogP) is 1.66. The molecule has 16 heavy (non-hydrogen) atoms. The van der Waals surface area contributed by atoms with Crippen LogP contribution in [0.1, 0.15) is 26.2 Å². The minimum Gasteiger partial charge on any atom is -0.464 e. The highest BCUT2D eigenvalue weighted by atomic mass is 16.5. The van der Waals surface area contributed by atoms with Crippen LogP contribution in [0.25, 0.3) is 0 Å². The average Bonchev–Trinajstić information content (AvgIpc) is 2.94. The Bertz CT molecular complexity index is 324. The maximum absolute atomic E-state index is 5.78. The molecule has 0 radical (unpaired) electrons. The van der Waals surface area contributed by atoms with Crippen molar-refractivity contribution in [2.75, 3.05) is 13.2 Å². The smallest absolute Gasteiger partial charge is 0.296 e. The Labute approximate surface area is 96.8 Å². The van der Waals surface area contributed by atoms with Crippen LogP contribution in [0.4, 0.5) is 0 Å². The van der Waals surface area contributed by atoms with Gasteiger partial charge < -0.3 is 15.0 Å². The van der Waals surface area contributed by atoms with Crippen LogP contribution in [-0.2, 0) is 6.54 Å². The van der Waals surface area contributed by atoms with E-state index in [-0.39, 0.29) is 0 Å². The first-order valence-corrected chi connectivity index (χ1v) is 6.19. The van der Waals surface area contributed by atoms with Crippen molar-refractivity contribution in [3.05, 3.63) is 12.4 Å². The third-order valence-electron chi connectivity index (χ3n) is 3.56. The summed E-state index contributed by atoms with van der Waals surface area (Å²) in [6, 6.07) is 0.741. The van der Waals surface area contributed by atoms with Crippen molar-refractivity contribution in [3.8, 4) is 6.01 Å². The molecule has 1 fully saturated rings. The van der Waals surface area contributed by atoms with Crippen LogP contribution in [0.2, 0.25) is 0 Å². The van der Waals surface area contributed by atoms with Gasteiger partial charge in [0, 0.05) is 18.9 Å². The number of hydrogen-bond donors (Lipinski definition) is 1. The molecule has 0 aliphatic heterocycles. The molecule has 0 saturated heterocycles. The Kier molecular flexibility index (Phi) is 3.83. The van der Waals surface area contributed by atoms with E-state index in [4.69, 9.17) is 10.5 Å². The number of ether oxygens (including phenoxy) is 1. The van der Waals surface area contributed by atoms with Gasteiger partial charge in [-0.25, -0.2) is 4.98 Å². The molecule has 1 aromatic heterocycles. The maximum Gasteiger partial charge on any atom is 0.296 e. The van der Waals surface area contributed by atoms with Gasteiger partial charge in [-0.15, -0.1) is 0 Å². The number of imidazole rings is 1. The standard InChI is InChI=1S/C12H21N3O/c1-2-15-7-6-14-12(15)16-9-11-5-3-4-10(11)8-13/h6-7,10-11H,2-5,8-9,13H2,1H3. The second-order valence-corrected chi connectivity index (χ2v) is 4.49. The van der Waals surface area contributed by atoms with Gasteiger partial charge in [-0.05, 0) is 38.1 Å². The molecule has 4 nitrogen and oxygen atoms in total. The second kappa shape index (κ2) is 5.34. The van der Waals surface area contributed by atoms with Gasteiger partial charge in [-0.1, -0.05) is 6.42 Å². The van der Waals surface area contributed by atoms with Crippen LogP contribution in [0.3, 0.4) is 0 Å². The van der Waals surface area contributed by atoms with Crippen molar-refractivity contribution in [1.29, 1.82) is 0 Å². The monoisotopic (exact) mass is 223 g/mol. The summed E-state index contributed by atoms with van der Waals surface area (Å²) in [4.78, 5) is 4.21. The number of aryl methyl sites for hydroxylation is 1. The van der Waals surface area contributed by atoms with Crippen molar-refractivity contribution in [2.24, 2.45) is 17.6 Å². The lowest BCUT2D eigenvalue weighted by Crippen LogP contribution is -2.24. The largest absolute Gasteiger partial charge is 0.464 e. The highest BCUT2D eigenvalue weighted by molar-refractivity contribution is 4.98. The van der Waals surface area contributed by atoms with Crippen molar-refractivity contribution >= 4 is 0 Å². The third kappa shape index (κ3) is 2.38. The van der Waals surface area contributed by atoms with Crippen LogP contribution in [0, 0.1) is 11.8 Å². The molecule has 90 valence electrons. The van der Waals surface area contributed by atoms with Crippen LogP contribution in [0.5, 0.6) is 6.01 Å². The van der Waals surface area contributed by atoms with E-state index in [1.54, 1.807) is 6.20 Å². The Morgan fingerprint density at radius 2 is 2.31 bits per heavy atom. The number of rotatable bonds is 5. The fourth-order valence-electron chi connectivity index (χ4n) is 2.50. The van der Waals surface area contributed by atoms with Gasteiger partial charge in [-0.3, -0.25) is 0 Å². The summed E-state index contributed by atoms with van der Waals surface area (Å²) in [5.41, 5.74) is 5.75. The Morgan fingerprint density at radius 1 is 1.50 bits per heavy atom. The van der Waals surface area contributed by atoms with E-state index >= 15 is 0 Å². The number of nitrogens with zero attached hydrogens (tertiary/aromatic N) is 2. The van der Waals surface area contributed by atoms with E-state index in [0.717, 1.165) is 25.7 Å². The Morgan fingerprint density at radius 3 is 3.06 bits per heavy atom. The minimum atomic E-state index is 0.618. The molecular formula is C12H21N3O. The lowest BCUT2D eigenvalue weighted by molar-refractivity contribution is 0.196. The van der Waals surface area contributed by atoms with Gasteiger partial charge in [0.15, 0.2) is 0 Å². The van der Waals surface area contributed by atoms with Crippen LogP contribution >= 0.6 is 0 Å². The van der Waals surface area contributed by atoms with Crippen molar-refractivity contribution in [3.63, 3.8) is 0 Å². The molecule has 2 unspecified atom stereocenters. The zero-order valence-corrected chi connectivity index (χ0v) is 9.93. The van der Waals surface area contributed by atoms with E-state index in [2.05, 4.69) is 11.9 Å². The molecule has 2 rings (SSSR count). The van der Waals surface area contributed by atoms with Crippen LogP contribution in [0.15, 0.2) is 12.4 Å². The molecule has 2 N–H and O–H groups in total. The van der Waals surface area contributed by atoms with E-state index < -0.39 is 0 Å². The summed E-state index contributed by atoms with van der Waals surface area (Å²) in [6.45, 7) is 4.54. The Hall–Kier alpha value is -1.03. The second-order valence-electron chi connectivity index (χ2n) is 4.49. The van der Waals surface area contributed by atoms with E-state index in [1.807, 2.05) is 10.8 Å². The Balaban J connectivity index is 1.87. The highest BCUT2D eigenvalue weighted by Gasteiger charge is 2.26. The number of hydrogen-bond acceptors (Lipinski definition) is 3. The van der Waals surface area contributed by atoms with Gasteiger partial charge in [0.25, 0.3) is 6.01 Å². The molecule has 0 bridgehead atoms. The van der Waals surface area contributed by atoms with Gasteiger partial charge in [0.05, 0.1) is 6.61 Å². The lowest BCUT2D eigenvalue weighted by atomic mass is 9.97. The molecular weight excluding hydrogens is 202 g/mol. The van der Waals surface area contributed by atoms with Gasteiger partial charge in [0.2, 0.25) is 0 Å². The third-order valence-corrected chi connectivity index (χ3v) is 3.56. The molecule has 1 saturated carbocycles. The first-order valence-electron chi connectivity index (χ1n) is 6.19. The summed E-state index contributed by atoms with van der Waals surface area (Å²) in [7, 11) is 0. The summed E-state index contributed by atoms with van der Waals surface area (Å²) < 4.78 is 7.80. The molecule has 0 amide bonds. The zero-order valence-electron chi connectivity index (χ0n) is 9.93. The normalized spacial score (nSPS) is 24.9. The first-order chi connectivity index (χ1) is 7.85. The molecule has 1 aromatic rings. The zero-order chi connectivity index (χ0) is 11.4. The summed E-state index contributed by atoms with van der Waals surface area (Å²) in [6.07, 6.45) is 7.53. The molecule has 1 heterocycles. The molecule has 1 aliphatic rings. The molecule has 4 heteroatoms. The fraction of sp³-hybridized carbons (Fsp3) is 0.750. The topological polar surface area (TPSA) is 53.1 Å². The van der Waals surface area contributed by atoms with Crippen LogP contribution in [-0.4, -0.2) is 22.7 Å². The quantitative estimate of drug-likeness (QED) is 0.826. The highest BCUT2D eigenvalue weighted by Crippen LogP contribution is 2.31. The summed E-state index contributed by atoms with van der Waals surface area (Å²) in [5.74, 6) is 1.26. The minimum absolute atomic E-state index is 0.618. The molecule has 0 aromatic carbocycles. The lowest BCUT2D eigenvalue weighted by Gasteiger charge is -2.18. The van der Waals surface area contributed by atoms with E-state index in [9.17, 15) is 0 Å². The SMILES string of the molecule is CCn1ccnc1OCC1CCCC1CN. The van der Waals surface area contributed by atoms with E-state index in [1.165, 1.54) is 19.3 Å². The van der Waals surface area contributed by atoms with Crippen molar-refractivity contribution < 1.29 is 4.74 Å². The van der Waals surface area contributed by atoms with Gasteiger partial charge in [0.1, 0.15) is 0 Å². The number of aromatic nitrogens is 2. The predicted molar refractivity (Wildman–Crippen MR) is 63.3 cm³/mol. The van der Waals surface area contributed by atoms with Crippen LogP contribution < -0.4 is 10.5 Å². The summed E-state index contributed by atoms with van der Waals surface area (Å²) >= 11 is 0. The molecule has 1 aliphatic carbocycles. The molecule has 0 spiro atoms. The van der Waals surface area contributed by atoms with E-state index in [0.29, 0.717) is 11.8 Å². The van der Waals surface area contributed by atoms with Crippen molar-refractivity contribution in [1.82, 2.24) is 9.55 Å².